The Kier molecular flexibility index (Phi) is 7.56. The fourth-order valence-electron chi connectivity index (χ4n) is 2.98. The van der Waals surface area contributed by atoms with Crippen LogP contribution in [-0.2, 0) is 11.2 Å². The van der Waals surface area contributed by atoms with Crippen molar-refractivity contribution in [2.75, 3.05) is 13.2 Å². The maximum Gasteiger partial charge on any atom is 0.0575 e. The minimum absolute atomic E-state index is 0.468. The van der Waals surface area contributed by atoms with E-state index < -0.39 is 0 Å². The Morgan fingerprint density at radius 2 is 2.19 bits per heavy atom. The molecule has 21 heavy (non-hydrogen) atoms. The molecule has 0 aliphatic carbocycles. The molecule has 0 bridgehead atoms. The Labute approximate surface area is 134 Å². The van der Waals surface area contributed by atoms with Crippen molar-refractivity contribution in [1.82, 2.24) is 5.32 Å². The van der Waals surface area contributed by atoms with E-state index in [-0.39, 0.29) is 0 Å². The predicted octanol–water partition coefficient (Wildman–Crippen LogP) is 4.60. The fraction of sp³-hybridized carbons (Fsp3) is 0.667. The van der Waals surface area contributed by atoms with Crippen molar-refractivity contribution < 1.29 is 4.74 Å². The summed E-state index contributed by atoms with van der Waals surface area (Å²) in [5, 5.41) is 4.55. The molecule has 2 atom stereocenters. The van der Waals surface area contributed by atoms with Crippen LogP contribution in [0.25, 0.3) is 0 Å². The molecule has 1 fully saturated rings. The molecule has 1 saturated heterocycles. The van der Waals surface area contributed by atoms with Crippen LogP contribution in [-0.4, -0.2) is 25.3 Å². The van der Waals surface area contributed by atoms with Crippen LogP contribution in [0, 0.1) is 0 Å². The van der Waals surface area contributed by atoms with Crippen molar-refractivity contribution in [3.63, 3.8) is 0 Å². The van der Waals surface area contributed by atoms with Gasteiger partial charge in [0, 0.05) is 17.7 Å². The molecule has 1 aliphatic rings. The Morgan fingerprint density at radius 1 is 1.33 bits per heavy atom. The van der Waals surface area contributed by atoms with Crippen molar-refractivity contribution in [2.24, 2.45) is 0 Å². The van der Waals surface area contributed by atoms with Gasteiger partial charge in [0.25, 0.3) is 0 Å². The number of ether oxygens (including phenoxy) is 1. The van der Waals surface area contributed by atoms with Crippen LogP contribution in [0.4, 0.5) is 0 Å². The van der Waals surface area contributed by atoms with Crippen LogP contribution in [0.1, 0.15) is 51.0 Å². The molecule has 0 aromatic heterocycles. The van der Waals surface area contributed by atoms with E-state index >= 15 is 0 Å². The highest BCUT2D eigenvalue weighted by molar-refractivity contribution is 6.31. The largest absolute Gasteiger partial charge is 0.378 e. The monoisotopic (exact) mass is 309 g/mol. The first-order valence-electron chi connectivity index (χ1n) is 8.38. The summed E-state index contributed by atoms with van der Waals surface area (Å²) in [6.07, 6.45) is 8.74. The lowest BCUT2D eigenvalue weighted by atomic mass is 9.97. The van der Waals surface area contributed by atoms with Crippen molar-refractivity contribution >= 4 is 11.6 Å². The standard InChI is InChI=1S/C18H28ClNO/c1-2-12-20-16(10-11-17-8-5-6-13-21-17)14-15-7-3-4-9-18(15)19/h3-4,7,9,16-17,20H,2,5-6,8,10-14H2,1H3. The number of nitrogens with one attached hydrogen (secondary N) is 1. The van der Waals surface area contributed by atoms with Gasteiger partial charge in [-0.15, -0.1) is 0 Å². The van der Waals surface area contributed by atoms with Crippen LogP contribution in [0.5, 0.6) is 0 Å². The number of hydrogen-bond acceptors (Lipinski definition) is 2. The van der Waals surface area contributed by atoms with Crippen molar-refractivity contribution in [3.05, 3.63) is 34.9 Å². The lowest BCUT2D eigenvalue weighted by molar-refractivity contribution is 0.00858. The van der Waals surface area contributed by atoms with E-state index in [1.54, 1.807) is 0 Å². The molecular weight excluding hydrogens is 282 g/mol. The summed E-state index contributed by atoms with van der Waals surface area (Å²) in [6.45, 7) is 4.23. The lowest BCUT2D eigenvalue weighted by Gasteiger charge is -2.25. The second-order valence-electron chi connectivity index (χ2n) is 6.01. The summed E-state index contributed by atoms with van der Waals surface area (Å²) < 4.78 is 5.85. The first-order valence-corrected chi connectivity index (χ1v) is 8.75. The van der Waals surface area contributed by atoms with Gasteiger partial charge >= 0.3 is 0 Å². The van der Waals surface area contributed by atoms with Gasteiger partial charge in [-0.3, -0.25) is 0 Å². The van der Waals surface area contributed by atoms with Gasteiger partial charge in [0.05, 0.1) is 6.10 Å². The smallest absolute Gasteiger partial charge is 0.0575 e. The van der Waals surface area contributed by atoms with Crippen molar-refractivity contribution in [3.8, 4) is 0 Å². The molecule has 2 rings (SSSR count). The van der Waals surface area contributed by atoms with E-state index in [0.717, 1.165) is 37.4 Å². The van der Waals surface area contributed by atoms with Gasteiger partial charge in [0.15, 0.2) is 0 Å². The van der Waals surface area contributed by atoms with Crippen LogP contribution in [0.3, 0.4) is 0 Å². The van der Waals surface area contributed by atoms with E-state index in [4.69, 9.17) is 16.3 Å². The summed E-state index contributed by atoms with van der Waals surface area (Å²) in [5.74, 6) is 0. The minimum Gasteiger partial charge on any atom is -0.378 e. The average molecular weight is 310 g/mol. The highest BCUT2D eigenvalue weighted by atomic mass is 35.5. The molecule has 0 spiro atoms. The van der Waals surface area contributed by atoms with Gasteiger partial charge in [0.2, 0.25) is 0 Å². The molecular formula is C18H28ClNO. The minimum atomic E-state index is 0.468. The number of rotatable bonds is 8. The van der Waals surface area contributed by atoms with E-state index in [9.17, 15) is 0 Å². The molecule has 1 aromatic rings. The molecule has 1 heterocycles. The second-order valence-corrected chi connectivity index (χ2v) is 6.42. The van der Waals surface area contributed by atoms with Crippen LogP contribution in [0.2, 0.25) is 5.02 Å². The van der Waals surface area contributed by atoms with E-state index in [1.807, 2.05) is 12.1 Å². The molecule has 0 saturated carbocycles. The Hall–Kier alpha value is -0.570. The number of benzene rings is 1. The maximum absolute atomic E-state index is 6.30. The third-order valence-electron chi connectivity index (χ3n) is 4.22. The SMILES string of the molecule is CCCNC(CCC1CCCCO1)Cc1ccccc1Cl. The molecule has 2 nitrogen and oxygen atoms in total. The Morgan fingerprint density at radius 3 is 2.90 bits per heavy atom. The second kappa shape index (κ2) is 9.45. The van der Waals surface area contributed by atoms with Gasteiger partial charge in [-0.25, -0.2) is 0 Å². The Bertz CT molecular complexity index is 404. The molecule has 1 N–H and O–H groups in total. The highest BCUT2D eigenvalue weighted by Gasteiger charge is 2.17. The summed E-state index contributed by atoms with van der Waals surface area (Å²) in [4.78, 5) is 0. The molecule has 2 unspecified atom stereocenters. The van der Waals surface area contributed by atoms with Crippen molar-refractivity contribution in [2.45, 2.75) is 64.0 Å². The number of halogens is 1. The van der Waals surface area contributed by atoms with Gasteiger partial charge in [0.1, 0.15) is 0 Å². The normalized spacial score (nSPS) is 20.4. The zero-order chi connectivity index (χ0) is 14.9. The molecule has 1 aromatic carbocycles. The van der Waals surface area contributed by atoms with Crippen molar-refractivity contribution in [1.29, 1.82) is 0 Å². The van der Waals surface area contributed by atoms with Gasteiger partial charge < -0.3 is 10.1 Å². The molecule has 0 radical (unpaired) electrons. The molecule has 118 valence electrons. The predicted molar refractivity (Wildman–Crippen MR) is 90.1 cm³/mol. The van der Waals surface area contributed by atoms with E-state index in [2.05, 4.69) is 24.4 Å². The van der Waals surface area contributed by atoms with Gasteiger partial charge in [-0.1, -0.05) is 36.7 Å². The van der Waals surface area contributed by atoms with Crippen LogP contribution < -0.4 is 5.32 Å². The average Bonchev–Trinajstić information content (AvgIpc) is 2.53. The van der Waals surface area contributed by atoms with Gasteiger partial charge in [-0.05, 0) is 63.1 Å². The highest BCUT2D eigenvalue weighted by Crippen LogP contribution is 2.21. The van der Waals surface area contributed by atoms with Crippen LogP contribution >= 0.6 is 11.6 Å². The third-order valence-corrected chi connectivity index (χ3v) is 4.59. The Balaban J connectivity index is 1.86. The topological polar surface area (TPSA) is 21.3 Å². The quantitative estimate of drug-likeness (QED) is 0.757. The van der Waals surface area contributed by atoms with Crippen LogP contribution in [0.15, 0.2) is 24.3 Å². The van der Waals surface area contributed by atoms with E-state index in [0.29, 0.717) is 12.1 Å². The lowest BCUT2D eigenvalue weighted by Crippen LogP contribution is -2.33. The summed E-state index contributed by atoms with van der Waals surface area (Å²) in [6, 6.07) is 8.69. The summed E-state index contributed by atoms with van der Waals surface area (Å²) >= 11 is 6.30. The maximum atomic E-state index is 6.30. The fourth-order valence-corrected chi connectivity index (χ4v) is 3.19. The first kappa shape index (κ1) is 16.8. The zero-order valence-corrected chi connectivity index (χ0v) is 13.9. The molecule has 0 amide bonds. The molecule has 3 heteroatoms. The molecule has 1 aliphatic heterocycles. The summed E-state index contributed by atoms with van der Waals surface area (Å²) in [7, 11) is 0. The third kappa shape index (κ3) is 5.98. The number of hydrogen-bond donors (Lipinski definition) is 1. The first-order chi connectivity index (χ1) is 10.3. The zero-order valence-electron chi connectivity index (χ0n) is 13.1. The van der Waals surface area contributed by atoms with E-state index in [1.165, 1.54) is 31.2 Å². The summed E-state index contributed by atoms with van der Waals surface area (Å²) in [5.41, 5.74) is 1.25. The van der Waals surface area contributed by atoms with Gasteiger partial charge in [-0.2, -0.15) is 0 Å².